The number of nitrogens with zero attached hydrogens (tertiary/aromatic N) is 1. The van der Waals surface area contributed by atoms with Crippen LogP contribution in [0.1, 0.15) is 32.7 Å². The third-order valence-electron chi connectivity index (χ3n) is 6.32. The smallest absolute Gasteiger partial charge is 0.277 e. The highest BCUT2D eigenvalue weighted by Gasteiger charge is 2.16. The van der Waals surface area contributed by atoms with Gasteiger partial charge in [-0.3, -0.25) is 4.79 Å². The number of thioether (sulfide) groups is 1. The number of carbonyl (C=O) groups excluding carboxylic acids is 1. The maximum absolute atomic E-state index is 13.0. The fraction of sp³-hybridized carbons (Fsp3) is 0.125. The van der Waals surface area contributed by atoms with Crippen LogP contribution in [-0.2, 0) is 12.4 Å². The van der Waals surface area contributed by atoms with E-state index in [4.69, 9.17) is 9.26 Å². The summed E-state index contributed by atoms with van der Waals surface area (Å²) in [5.74, 6) is 1.78. The molecule has 1 N–H and O–H groups in total. The number of anilines is 1. The topological polar surface area (TPSA) is 64.4 Å². The molecule has 5 nitrogen and oxygen atoms in total. The lowest BCUT2D eigenvalue weighted by Gasteiger charge is -2.11. The lowest BCUT2D eigenvalue weighted by Crippen LogP contribution is -2.12. The van der Waals surface area contributed by atoms with Crippen LogP contribution in [0.5, 0.6) is 5.75 Å². The van der Waals surface area contributed by atoms with Crippen LogP contribution >= 0.6 is 11.8 Å². The quantitative estimate of drug-likeness (QED) is 0.199. The van der Waals surface area contributed by atoms with Crippen molar-refractivity contribution >= 4 is 23.4 Å². The number of hydrogen-bond donors (Lipinski definition) is 1. The van der Waals surface area contributed by atoms with E-state index in [1.807, 2.05) is 72.8 Å². The highest BCUT2D eigenvalue weighted by molar-refractivity contribution is 7.98. The largest absolute Gasteiger partial charge is 0.489 e. The molecule has 6 heteroatoms. The van der Waals surface area contributed by atoms with Gasteiger partial charge in [-0.25, -0.2) is 0 Å². The Hall–Kier alpha value is -4.29. The van der Waals surface area contributed by atoms with Crippen molar-refractivity contribution in [1.29, 1.82) is 0 Å². The van der Waals surface area contributed by atoms with Gasteiger partial charge in [0.1, 0.15) is 12.4 Å². The first-order valence-corrected chi connectivity index (χ1v) is 13.4. The summed E-state index contributed by atoms with van der Waals surface area (Å²) in [5.41, 5.74) is 6.65. The molecular weight excluding hydrogens is 492 g/mol. The SMILES string of the molecule is Cc1ccccc1COc1ccc(-c2cc(C(=O)Nc3ccccc3SCc3ccccc3C)no2)cc1. The van der Waals surface area contributed by atoms with Crippen LogP contribution in [0.4, 0.5) is 5.69 Å². The molecule has 1 aromatic heterocycles. The predicted molar refractivity (Wildman–Crippen MR) is 153 cm³/mol. The number of aryl methyl sites for hydroxylation is 2. The predicted octanol–water partition coefficient (Wildman–Crippen LogP) is 8.08. The number of benzene rings is 4. The van der Waals surface area contributed by atoms with Gasteiger partial charge in [-0.05, 0) is 72.5 Å². The molecule has 0 fully saturated rings. The zero-order chi connectivity index (χ0) is 26.3. The molecule has 38 heavy (non-hydrogen) atoms. The number of nitrogens with one attached hydrogen (secondary N) is 1. The third kappa shape index (κ3) is 6.15. The van der Waals surface area contributed by atoms with E-state index in [-0.39, 0.29) is 11.6 Å². The van der Waals surface area contributed by atoms with E-state index in [0.29, 0.717) is 12.4 Å². The van der Waals surface area contributed by atoms with E-state index >= 15 is 0 Å². The second-order valence-corrected chi connectivity index (χ2v) is 10.00. The molecule has 0 unspecified atom stereocenters. The minimum Gasteiger partial charge on any atom is -0.489 e. The molecule has 190 valence electrons. The van der Waals surface area contributed by atoms with Crippen LogP contribution < -0.4 is 10.1 Å². The average Bonchev–Trinajstić information content (AvgIpc) is 3.44. The molecule has 5 aromatic rings. The Bertz CT molecular complexity index is 1540. The Morgan fingerprint density at radius 3 is 2.24 bits per heavy atom. The number of aromatic nitrogens is 1. The van der Waals surface area contributed by atoms with Crippen molar-refractivity contribution in [1.82, 2.24) is 5.16 Å². The van der Waals surface area contributed by atoms with E-state index in [2.05, 4.69) is 48.6 Å². The number of para-hydroxylation sites is 1. The summed E-state index contributed by atoms with van der Waals surface area (Å²) in [7, 11) is 0. The van der Waals surface area contributed by atoms with Crippen molar-refractivity contribution in [3.8, 4) is 17.1 Å². The lowest BCUT2D eigenvalue weighted by molar-refractivity contribution is 0.101. The molecular formula is C32H28N2O3S. The summed E-state index contributed by atoms with van der Waals surface area (Å²) in [4.78, 5) is 14.0. The van der Waals surface area contributed by atoms with Gasteiger partial charge in [0.2, 0.25) is 0 Å². The van der Waals surface area contributed by atoms with Crippen molar-refractivity contribution in [2.45, 2.75) is 31.1 Å². The van der Waals surface area contributed by atoms with Crippen molar-refractivity contribution in [3.05, 3.63) is 131 Å². The van der Waals surface area contributed by atoms with Crippen molar-refractivity contribution in [2.24, 2.45) is 0 Å². The number of hydrogen-bond acceptors (Lipinski definition) is 5. The molecule has 0 aliphatic carbocycles. The summed E-state index contributed by atoms with van der Waals surface area (Å²) < 4.78 is 11.4. The average molecular weight is 521 g/mol. The van der Waals surface area contributed by atoms with Gasteiger partial charge in [-0.15, -0.1) is 11.8 Å². The molecule has 0 spiro atoms. The molecule has 0 aliphatic rings. The van der Waals surface area contributed by atoms with Crippen molar-refractivity contribution in [2.75, 3.05) is 5.32 Å². The zero-order valence-electron chi connectivity index (χ0n) is 21.3. The Balaban J connectivity index is 1.22. The maximum atomic E-state index is 13.0. The number of rotatable bonds is 9. The van der Waals surface area contributed by atoms with E-state index in [0.717, 1.165) is 33.2 Å². The maximum Gasteiger partial charge on any atom is 0.277 e. The standard InChI is InChI=1S/C32H28N2O3S/c1-22-9-3-5-11-25(22)20-36-27-17-15-24(16-18-27)30-19-29(34-37-30)32(35)33-28-13-7-8-14-31(28)38-21-26-12-6-4-10-23(26)2/h3-19H,20-21H2,1-2H3,(H,33,35). The molecule has 0 aliphatic heterocycles. The van der Waals surface area contributed by atoms with Gasteiger partial charge in [0, 0.05) is 22.3 Å². The Kier molecular flexibility index (Phi) is 7.90. The van der Waals surface area contributed by atoms with Gasteiger partial charge < -0.3 is 14.6 Å². The number of ether oxygens (including phenoxy) is 1. The van der Waals surface area contributed by atoms with Crippen LogP contribution in [0.15, 0.2) is 113 Å². The van der Waals surface area contributed by atoms with Crippen molar-refractivity contribution in [3.63, 3.8) is 0 Å². The van der Waals surface area contributed by atoms with E-state index in [1.165, 1.54) is 16.7 Å². The first kappa shape index (κ1) is 25.4. The fourth-order valence-corrected chi connectivity index (χ4v) is 5.06. The monoisotopic (exact) mass is 520 g/mol. The van der Waals surface area contributed by atoms with Crippen LogP contribution in [0, 0.1) is 13.8 Å². The highest BCUT2D eigenvalue weighted by atomic mass is 32.2. The minimum absolute atomic E-state index is 0.221. The summed E-state index contributed by atoms with van der Waals surface area (Å²) in [5, 5.41) is 6.99. The summed E-state index contributed by atoms with van der Waals surface area (Å²) in [6.45, 7) is 4.68. The Labute approximate surface area is 226 Å². The molecule has 0 atom stereocenters. The van der Waals surface area contributed by atoms with E-state index < -0.39 is 0 Å². The molecule has 4 aromatic carbocycles. The first-order valence-electron chi connectivity index (χ1n) is 12.4. The van der Waals surface area contributed by atoms with Crippen LogP contribution in [0.25, 0.3) is 11.3 Å². The fourth-order valence-electron chi connectivity index (χ4n) is 3.98. The summed E-state index contributed by atoms with van der Waals surface area (Å²) in [6, 6.07) is 33.5. The highest BCUT2D eigenvalue weighted by Crippen LogP contribution is 2.31. The van der Waals surface area contributed by atoms with Gasteiger partial charge in [-0.1, -0.05) is 65.8 Å². The Morgan fingerprint density at radius 2 is 1.50 bits per heavy atom. The van der Waals surface area contributed by atoms with Crippen LogP contribution in [-0.4, -0.2) is 11.1 Å². The Morgan fingerprint density at radius 1 is 0.842 bits per heavy atom. The first-order chi connectivity index (χ1) is 18.6. The number of amides is 1. The van der Waals surface area contributed by atoms with Gasteiger partial charge in [0.05, 0.1) is 5.69 Å². The second kappa shape index (κ2) is 11.8. The van der Waals surface area contributed by atoms with Crippen molar-refractivity contribution < 1.29 is 14.1 Å². The molecule has 0 radical (unpaired) electrons. The molecule has 1 amide bonds. The normalized spacial score (nSPS) is 10.8. The summed E-state index contributed by atoms with van der Waals surface area (Å²) >= 11 is 1.69. The van der Waals surface area contributed by atoms with Gasteiger partial charge >= 0.3 is 0 Å². The van der Waals surface area contributed by atoms with Gasteiger partial charge in [0.25, 0.3) is 5.91 Å². The van der Waals surface area contributed by atoms with Gasteiger partial charge in [-0.2, -0.15) is 0 Å². The lowest BCUT2D eigenvalue weighted by atomic mass is 10.1. The van der Waals surface area contributed by atoms with Gasteiger partial charge in [0.15, 0.2) is 11.5 Å². The molecule has 1 heterocycles. The summed E-state index contributed by atoms with van der Waals surface area (Å²) in [6.07, 6.45) is 0. The minimum atomic E-state index is -0.317. The van der Waals surface area contributed by atoms with E-state index in [9.17, 15) is 4.79 Å². The number of carbonyl (C=O) groups is 1. The van der Waals surface area contributed by atoms with Crippen LogP contribution in [0.2, 0.25) is 0 Å². The second-order valence-electron chi connectivity index (χ2n) is 8.98. The molecule has 0 saturated heterocycles. The molecule has 5 rings (SSSR count). The third-order valence-corrected chi connectivity index (χ3v) is 7.44. The van der Waals surface area contributed by atoms with Crippen LogP contribution in [0.3, 0.4) is 0 Å². The molecule has 0 saturated carbocycles. The zero-order valence-corrected chi connectivity index (χ0v) is 22.1. The molecule has 0 bridgehead atoms. The van der Waals surface area contributed by atoms with E-state index in [1.54, 1.807) is 17.8 Å².